The minimum absolute atomic E-state index is 0.130. The van der Waals surface area contributed by atoms with Crippen molar-refractivity contribution in [3.8, 4) is 11.3 Å². The molecular weight excluding hydrogens is 500 g/mol. The van der Waals surface area contributed by atoms with E-state index in [0.717, 1.165) is 66.5 Å². The van der Waals surface area contributed by atoms with Crippen molar-refractivity contribution in [1.82, 2.24) is 19.3 Å². The molecule has 1 amide bonds. The molecule has 40 heavy (non-hydrogen) atoms. The number of amides is 1. The van der Waals surface area contributed by atoms with E-state index in [1.165, 1.54) is 11.1 Å². The average Bonchev–Trinajstić information content (AvgIpc) is 3.64. The fourth-order valence-corrected chi connectivity index (χ4v) is 6.68. The number of imidazole rings is 1. The van der Waals surface area contributed by atoms with Gasteiger partial charge in [-0.15, -0.1) is 0 Å². The maximum atomic E-state index is 13.0. The standard InChI is InChI=1S/C32H34N6O2/c1-19(2)20-9-12-38-26(18-33-28(38)15-20)21-5-7-24(29-22(21)17-34-31(29)39)35-27-8-6-23-30(36-27)25(37(3)4)16-32(23)10-13-40-14-11-32/h5-9,12,15,17-19,25H,10-11,13-14,16H2,1-4H3,(H,35,36). The van der Waals surface area contributed by atoms with Crippen LogP contribution in [0.5, 0.6) is 0 Å². The van der Waals surface area contributed by atoms with Crippen LogP contribution in [0.1, 0.15) is 77.8 Å². The predicted octanol–water partition coefficient (Wildman–Crippen LogP) is 5.89. The lowest BCUT2D eigenvalue weighted by molar-refractivity contribution is 0.0443. The molecule has 1 saturated heterocycles. The highest BCUT2D eigenvalue weighted by Crippen LogP contribution is 2.51. The van der Waals surface area contributed by atoms with Crippen LogP contribution in [0.3, 0.4) is 0 Å². The van der Waals surface area contributed by atoms with Crippen molar-refractivity contribution >= 4 is 29.3 Å². The summed E-state index contributed by atoms with van der Waals surface area (Å²) < 4.78 is 7.77. The highest BCUT2D eigenvalue weighted by atomic mass is 16.5. The molecule has 0 saturated carbocycles. The van der Waals surface area contributed by atoms with Crippen LogP contribution >= 0.6 is 0 Å². The third kappa shape index (κ3) is 3.89. The molecule has 3 aliphatic rings. The number of fused-ring (bicyclic) bond motifs is 4. The number of nitrogens with zero attached hydrogens (tertiary/aromatic N) is 5. The van der Waals surface area contributed by atoms with Crippen LogP contribution in [0.2, 0.25) is 0 Å². The Labute approximate surface area is 234 Å². The molecule has 1 unspecified atom stereocenters. The number of carbonyl (C=O) groups is 1. The molecule has 1 aromatic carbocycles. The molecule has 1 fully saturated rings. The first-order valence-corrected chi connectivity index (χ1v) is 14.1. The van der Waals surface area contributed by atoms with E-state index in [9.17, 15) is 4.79 Å². The minimum Gasteiger partial charge on any atom is -0.381 e. The summed E-state index contributed by atoms with van der Waals surface area (Å²) in [5.74, 6) is 0.914. The van der Waals surface area contributed by atoms with E-state index in [2.05, 4.69) is 76.9 Å². The van der Waals surface area contributed by atoms with Crippen molar-refractivity contribution in [2.45, 2.75) is 50.5 Å². The monoisotopic (exact) mass is 534 g/mol. The van der Waals surface area contributed by atoms with Gasteiger partial charge in [0.1, 0.15) is 11.5 Å². The van der Waals surface area contributed by atoms with Crippen molar-refractivity contribution in [2.75, 3.05) is 32.6 Å². The number of nitrogens with one attached hydrogen (secondary N) is 1. The topological polar surface area (TPSA) is 84.1 Å². The van der Waals surface area contributed by atoms with Gasteiger partial charge in [0.25, 0.3) is 5.91 Å². The number of aromatic nitrogens is 3. The molecule has 7 rings (SSSR count). The Hall–Kier alpha value is -3.88. The maximum Gasteiger partial charge on any atom is 0.279 e. The molecule has 0 bridgehead atoms. The number of aliphatic imine (C=N–C) groups is 1. The maximum absolute atomic E-state index is 13.0. The predicted molar refractivity (Wildman–Crippen MR) is 157 cm³/mol. The quantitative estimate of drug-likeness (QED) is 0.344. The van der Waals surface area contributed by atoms with E-state index in [-0.39, 0.29) is 17.4 Å². The molecule has 8 heteroatoms. The number of pyridine rings is 2. The number of benzene rings is 1. The van der Waals surface area contributed by atoms with Gasteiger partial charge in [-0.25, -0.2) is 15.0 Å². The number of carbonyl (C=O) groups excluding carboxylic acids is 1. The zero-order chi connectivity index (χ0) is 27.6. The van der Waals surface area contributed by atoms with Crippen molar-refractivity contribution in [3.05, 3.63) is 76.7 Å². The molecule has 1 N–H and O–H groups in total. The lowest BCUT2D eigenvalue weighted by atomic mass is 9.75. The average molecular weight is 535 g/mol. The second-order valence-corrected chi connectivity index (χ2v) is 11.8. The van der Waals surface area contributed by atoms with Crippen molar-refractivity contribution in [3.63, 3.8) is 0 Å². The third-order valence-electron chi connectivity index (χ3n) is 8.98. The van der Waals surface area contributed by atoms with Gasteiger partial charge in [-0.1, -0.05) is 26.0 Å². The number of rotatable bonds is 5. The van der Waals surface area contributed by atoms with E-state index in [0.29, 0.717) is 17.2 Å². The summed E-state index contributed by atoms with van der Waals surface area (Å²) in [6.45, 7) is 5.95. The Morgan fingerprint density at radius 1 is 1.12 bits per heavy atom. The number of hydrogen-bond acceptors (Lipinski definition) is 6. The molecule has 2 aliphatic heterocycles. The molecule has 5 heterocycles. The molecule has 1 atom stereocenters. The lowest BCUT2D eigenvalue weighted by Crippen LogP contribution is -2.32. The van der Waals surface area contributed by atoms with E-state index in [4.69, 9.17) is 9.72 Å². The molecule has 204 valence electrons. The van der Waals surface area contributed by atoms with Crippen LogP contribution < -0.4 is 5.32 Å². The Morgan fingerprint density at radius 2 is 1.95 bits per heavy atom. The minimum atomic E-state index is -0.247. The van der Waals surface area contributed by atoms with Gasteiger partial charge in [-0.05, 0) is 74.7 Å². The second-order valence-electron chi connectivity index (χ2n) is 11.8. The fourth-order valence-electron chi connectivity index (χ4n) is 6.68. The molecule has 1 spiro atoms. The van der Waals surface area contributed by atoms with Crippen LogP contribution in [0, 0.1) is 0 Å². The van der Waals surface area contributed by atoms with E-state index in [1.54, 1.807) is 6.21 Å². The smallest absolute Gasteiger partial charge is 0.279 e. The first-order valence-electron chi connectivity index (χ1n) is 14.1. The molecule has 1 aliphatic carbocycles. The third-order valence-corrected chi connectivity index (χ3v) is 8.98. The van der Waals surface area contributed by atoms with E-state index < -0.39 is 0 Å². The Kier molecular flexibility index (Phi) is 5.87. The largest absolute Gasteiger partial charge is 0.381 e. The van der Waals surface area contributed by atoms with Gasteiger partial charge in [0.15, 0.2) is 0 Å². The highest BCUT2D eigenvalue weighted by Gasteiger charge is 2.46. The summed E-state index contributed by atoms with van der Waals surface area (Å²) in [4.78, 5) is 29.2. The normalized spacial score (nSPS) is 19.2. The zero-order valence-corrected chi connectivity index (χ0v) is 23.4. The first kappa shape index (κ1) is 25.1. The lowest BCUT2D eigenvalue weighted by Gasteiger charge is -2.35. The summed E-state index contributed by atoms with van der Waals surface area (Å²) in [5.41, 5.74) is 8.67. The van der Waals surface area contributed by atoms with Crippen LogP contribution in [0.4, 0.5) is 11.5 Å². The Morgan fingerprint density at radius 3 is 2.73 bits per heavy atom. The highest BCUT2D eigenvalue weighted by molar-refractivity contribution is 6.19. The number of ether oxygens (including phenoxy) is 1. The van der Waals surface area contributed by atoms with Crippen LogP contribution in [-0.4, -0.2) is 58.7 Å². The van der Waals surface area contributed by atoms with Gasteiger partial charge in [-0.3, -0.25) is 9.20 Å². The fraction of sp³-hybridized carbons (Fsp3) is 0.375. The van der Waals surface area contributed by atoms with Gasteiger partial charge < -0.3 is 15.0 Å². The Bertz CT molecular complexity index is 1680. The zero-order valence-electron chi connectivity index (χ0n) is 23.4. The van der Waals surface area contributed by atoms with Gasteiger partial charge >= 0.3 is 0 Å². The van der Waals surface area contributed by atoms with Crippen molar-refractivity contribution in [1.29, 1.82) is 0 Å². The summed E-state index contributed by atoms with van der Waals surface area (Å²) in [6, 6.07) is 12.8. The van der Waals surface area contributed by atoms with Gasteiger partial charge in [0.05, 0.1) is 34.9 Å². The molecule has 8 nitrogen and oxygen atoms in total. The molecule has 3 aromatic heterocycles. The summed E-state index contributed by atoms with van der Waals surface area (Å²) in [6.07, 6.45) is 8.72. The molecule has 0 radical (unpaired) electrons. The summed E-state index contributed by atoms with van der Waals surface area (Å²) in [7, 11) is 4.25. The van der Waals surface area contributed by atoms with Crippen molar-refractivity contribution < 1.29 is 9.53 Å². The van der Waals surface area contributed by atoms with E-state index >= 15 is 0 Å². The van der Waals surface area contributed by atoms with Crippen LogP contribution in [0.25, 0.3) is 16.9 Å². The first-order chi connectivity index (χ1) is 19.3. The Balaban J connectivity index is 1.26. The van der Waals surface area contributed by atoms with Gasteiger partial charge in [0.2, 0.25) is 0 Å². The van der Waals surface area contributed by atoms with Crippen molar-refractivity contribution in [2.24, 2.45) is 4.99 Å². The number of hydrogen-bond donors (Lipinski definition) is 1. The van der Waals surface area contributed by atoms with E-state index in [1.807, 2.05) is 24.4 Å². The summed E-state index contributed by atoms with van der Waals surface area (Å²) in [5, 5.41) is 3.47. The summed E-state index contributed by atoms with van der Waals surface area (Å²) >= 11 is 0. The molecule has 4 aromatic rings. The van der Waals surface area contributed by atoms with Gasteiger partial charge in [0, 0.05) is 42.2 Å². The second kappa shape index (κ2) is 9.35. The van der Waals surface area contributed by atoms with Crippen LogP contribution in [-0.2, 0) is 10.2 Å². The SMILES string of the molecule is CC(C)c1ccn2c(-c3ccc(Nc4ccc5c(n4)C(N(C)C)CC54CCOCC4)c4c3C=NC4=O)cnc2c1. The number of anilines is 2. The van der Waals surface area contributed by atoms with Gasteiger partial charge in [-0.2, -0.15) is 0 Å². The molecular formula is C32H34N6O2. The van der Waals surface area contributed by atoms with Crippen LogP contribution in [0.15, 0.2) is 53.8 Å².